The van der Waals surface area contributed by atoms with Crippen LogP contribution in [0.15, 0.2) is 12.7 Å². The summed E-state index contributed by atoms with van der Waals surface area (Å²) in [5.41, 5.74) is 5.55. The van der Waals surface area contributed by atoms with Crippen LogP contribution >= 0.6 is 0 Å². The molecule has 2 N–H and O–H groups in total. The van der Waals surface area contributed by atoms with Crippen LogP contribution in [0.1, 0.15) is 40.0 Å². The number of allylic oxidation sites excluding steroid dienone is 1. The Labute approximate surface area is 104 Å². The fourth-order valence-corrected chi connectivity index (χ4v) is 2.07. The zero-order chi connectivity index (χ0) is 13.1. The third-order valence-electron chi connectivity index (χ3n) is 2.88. The molecular weight excluding hydrogens is 216 g/mol. The van der Waals surface area contributed by atoms with E-state index >= 15 is 0 Å². The summed E-state index contributed by atoms with van der Waals surface area (Å²) in [7, 11) is 0. The Balaban J connectivity index is 2.51. The van der Waals surface area contributed by atoms with Gasteiger partial charge in [-0.2, -0.15) is 0 Å². The van der Waals surface area contributed by atoms with Gasteiger partial charge in [0.1, 0.15) is 5.60 Å². The highest BCUT2D eigenvalue weighted by Crippen LogP contribution is 2.24. The highest BCUT2D eigenvalue weighted by molar-refractivity contribution is 5.68. The van der Waals surface area contributed by atoms with Crippen molar-refractivity contribution in [3.63, 3.8) is 0 Å². The van der Waals surface area contributed by atoms with Crippen LogP contribution in [0.5, 0.6) is 0 Å². The molecular formula is C13H24N2O2. The molecule has 2 unspecified atom stereocenters. The summed E-state index contributed by atoms with van der Waals surface area (Å²) in [6, 6.07) is 0. The molecule has 4 heteroatoms. The van der Waals surface area contributed by atoms with E-state index in [4.69, 9.17) is 10.5 Å². The van der Waals surface area contributed by atoms with E-state index in [0.717, 1.165) is 19.3 Å². The molecule has 98 valence electrons. The van der Waals surface area contributed by atoms with E-state index in [9.17, 15) is 4.79 Å². The maximum atomic E-state index is 11.9. The lowest BCUT2D eigenvalue weighted by atomic mass is 9.92. The van der Waals surface area contributed by atoms with Crippen molar-refractivity contribution in [1.82, 2.24) is 4.90 Å². The van der Waals surface area contributed by atoms with Crippen molar-refractivity contribution in [2.24, 2.45) is 11.7 Å². The molecule has 0 bridgehead atoms. The van der Waals surface area contributed by atoms with Crippen LogP contribution < -0.4 is 5.73 Å². The highest BCUT2D eigenvalue weighted by Gasteiger charge is 2.31. The lowest BCUT2D eigenvalue weighted by molar-refractivity contribution is 0.00569. The van der Waals surface area contributed by atoms with Crippen LogP contribution in [0, 0.1) is 5.92 Å². The third-order valence-corrected chi connectivity index (χ3v) is 2.88. The van der Waals surface area contributed by atoms with Crippen molar-refractivity contribution in [1.29, 1.82) is 0 Å². The van der Waals surface area contributed by atoms with Crippen LogP contribution in [-0.4, -0.2) is 29.3 Å². The lowest BCUT2D eigenvalue weighted by Gasteiger charge is -2.37. The summed E-state index contributed by atoms with van der Waals surface area (Å²) < 4.78 is 5.33. The summed E-state index contributed by atoms with van der Waals surface area (Å²) in [6.45, 7) is 10.00. The largest absolute Gasteiger partial charge is 0.444 e. The number of amides is 1. The minimum Gasteiger partial charge on any atom is -0.444 e. The quantitative estimate of drug-likeness (QED) is 0.754. The van der Waals surface area contributed by atoms with Gasteiger partial charge in [-0.05, 0) is 46.0 Å². The van der Waals surface area contributed by atoms with Crippen LogP contribution in [0.3, 0.4) is 0 Å². The maximum absolute atomic E-state index is 11.9. The molecule has 1 heterocycles. The van der Waals surface area contributed by atoms with Gasteiger partial charge in [-0.25, -0.2) is 4.79 Å². The summed E-state index contributed by atoms with van der Waals surface area (Å²) in [4.78, 5) is 13.5. The molecule has 1 fully saturated rings. The maximum Gasteiger partial charge on any atom is 0.411 e. The number of carbonyl (C=O) groups is 1. The average Bonchev–Trinajstić information content (AvgIpc) is 2.15. The van der Waals surface area contributed by atoms with Crippen LogP contribution in [0.2, 0.25) is 0 Å². The van der Waals surface area contributed by atoms with Gasteiger partial charge in [0.15, 0.2) is 0 Å². The molecule has 0 aromatic carbocycles. The van der Waals surface area contributed by atoms with Gasteiger partial charge >= 0.3 is 6.09 Å². The molecule has 0 aromatic heterocycles. The summed E-state index contributed by atoms with van der Waals surface area (Å²) in [5, 5.41) is 0. The number of piperidine rings is 1. The lowest BCUT2D eigenvalue weighted by Crippen LogP contribution is -2.52. The molecule has 1 aliphatic rings. The first-order chi connectivity index (χ1) is 7.83. The number of nitrogens with two attached hydrogens (primary N) is 1. The van der Waals surface area contributed by atoms with Gasteiger partial charge in [0.25, 0.3) is 0 Å². The Hall–Kier alpha value is -1.03. The van der Waals surface area contributed by atoms with Gasteiger partial charge in [-0.15, -0.1) is 6.58 Å². The number of carbonyl (C=O) groups excluding carboxylic acids is 1. The van der Waals surface area contributed by atoms with Crippen LogP contribution in [0.25, 0.3) is 0 Å². The first-order valence-electron chi connectivity index (χ1n) is 6.19. The number of rotatable bonds is 2. The first kappa shape index (κ1) is 14.0. The van der Waals surface area contributed by atoms with Crippen molar-refractivity contribution in [2.75, 3.05) is 6.54 Å². The normalized spacial score (nSPS) is 25.5. The van der Waals surface area contributed by atoms with E-state index in [-0.39, 0.29) is 12.3 Å². The molecule has 1 aliphatic heterocycles. The second-order valence-electron chi connectivity index (χ2n) is 5.66. The molecule has 1 saturated heterocycles. The molecule has 17 heavy (non-hydrogen) atoms. The Morgan fingerprint density at radius 1 is 1.59 bits per heavy atom. The fraction of sp³-hybridized carbons (Fsp3) is 0.769. The summed E-state index contributed by atoms with van der Waals surface area (Å²) in [6.07, 6.45) is 4.14. The van der Waals surface area contributed by atoms with E-state index < -0.39 is 5.60 Å². The SMILES string of the molecule is C=CCC1CCN(C(=O)OC(C)(C)C)C(N)C1. The zero-order valence-electron chi connectivity index (χ0n) is 11.1. The van der Waals surface area contributed by atoms with Gasteiger partial charge < -0.3 is 10.5 Å². The first-order valence-corrected chi connectivity index (χ1v) is 6.19. The molecule has 2 atom stereocenters. The Morgan fingerprint density at radius 2 is 2.24 bits per heavy atom. The number of nitrogens with zero attached hydrogens (tertiary/aromatic N) is 1. The Morgan fingerprint density at radius 3 is 2.71 bits per heavy atom. The molecule has 0 saturated carbocycles. The topological polar surface area (TPSA) is 55.6 Å². The number of hydrogen-bond donors (Lipinski definition) is 1. The monoisotopic (exact) mass is 240 g/mol. The highest BCUT2D eigenvalue weighted by atomic mass is 16.6. The molecule has 1 rings (SSSR count). The van der Waals surface area contributed by atoms with Crippen molar-refractivity contribution >= 4 is 6.09 Å². The van der Waals surface area contributed by atoms with E-state index in [1.165, 1.54) is 0 Å². The molecule has 0 radical (unpaired) electrons. The zero-order valence-corrected chi connectivity index (χ0v) is 11.1. The molecule has 0 aliphatic carbocycles. The molecule has 0 aromatic rings. The Kier molecular flexibility index (Phi) is 4.57. The summed E-state index contributed by atoms with van der Waals surface area (Å²) in [5.74, 6) is 0.543. The minimum atomic E-state index is -0.464. The van der Waals surface area contributed by atoms with Crippen molar-refractivity contribution in [2.45, 2.75) is 51.8 Å². The van der Waals surface area contributed by atoms with Gasteiger partial charge in [0.2, 0.25) is 0 Å². The van der Waals surface area contributed by atoms with Crippen molar-refractivity contribution in [3.8, 4) is 0 Å². The predicted octanol–water partition coefficient (Wildman–Crippen LogP) is 2.49. The number of ether oxygens (including phenoxy) is 1. The molecule has 4 nitrogen and oxygen atoms in total. The van der Waals surface area contributed by atoms with Gasteiger partial charge in [-0.1, -0.05) is 6.08 Å². The smallest absolute Gasteiger partial charge is 0.411 e. The van der Waals surface area contributed by atoms with Crippen LogP contribution in [-0.2, 0) is 4.74 Å². The van der Waals surface area contributed by atoms with Gasteiger partial charge in [0.05, 0.1) is 6.17 Å². The van der Waals surface area contributed by atoms with Gasteiger partial charge in [-0.3, -0.25) is 4.90 Å². The molecule has 0 spiro atoms. The van der Waals surface area contributed by atoms with Crippen LogP contribution in [0.4, 0.5) is 4.79 Å². The average molecular weight is 240 g/mol. The summed E-state index contributed by atoms with van der Waals surface area (Å²) >= 11 is 0. The Bertz CT molecular complexity index is 284. The molecule has 1 amide bonds. The fourth-order valence-electron chi connectivity index (χ4n) is 2.07. The number of likely N-dealkylation sites (tertiary alicyclic amines) is 1. The van der Waals surface area contributed by atoms with Crippen molar-refractivity contribution in [3.05, 3.63) is 12.7 Å². The van der Waals surface area contributed by atoms with E-state index in [1.807, 2.05) is 26.8 Å². The standard InChI is InChI=1S/C13H24N2O2/c1-5-6-10-7-8-15(11(14)9-10)12(16)17-13(2,3)4/h5,10-11H,1,6-9,14H2,2-4H3. The number of hydrogen-bond acceptors (Lipinski definition) is 3. The predicted molar refractivity (Wildman–Crippen MR) is 68.5 cm³/mol. The minimum absolute atomic E-state index is 0.233. The van der Waals surface area contributed by atoms with E-state index in [0.29, 0.717) is 12.5 Å². The van der Waals surface area contributed by atoms with Crippen molar-refractivity contribution < 1.29 is 9.53 Å². The third kappa shape index (κ3) is 4.38. The second-order valence-corrected chi connectivity index (χ2v) is 5.66. The van der Waals surface area contributed by atoms with E-state index in [2.05, 4.69) is 6.58 Å². The van der Waals surface area contributed by atoms with Gasteiger partial charge in [0, 0.05) is 6.54 Å². The second kappa shape index (κ2) is 5.54. The van der Waals surface area contributed by atoms with E-state index in [1.54, 1.807) is 4.90 Å².